The Bertz CT molecular complexity index is 1960. The number of amides is 3. The monoisotopic (exact) mass is 643 g/mol. The molecule has 13 heteroatoms. The quantitative estimate of drug-likeness (QED) is 0.259. The number of hydrogen-bond donors (Lipinski definition) is 3. The molecule has 47 heavy (non-hydrogen) atoms. The van der Waals surface area contributed by atoms with Crippen molar-refractivity contribution in [1.29, 1.82) is 0 Å². The number of benzene rings is 2. The molecule has 1 atom stereocenters. The zero-order chi connectivity index (χ0) is 32.5. The molecule has 1 unspecified atom stereocenters. The van der Waals surface area contributed by atoms with Crippen molar-refractivity contribution in [2.24, 2.45) is 0 Å². The van der Waals surface area contributed by atoms with Crippen molar-refractivity contribution >= 4 is 39.4 Å². The number of halogens is 2. The molecule has 1 spiro atoms. The summed E-state index contributed by atoms with van der Waals surface area (Å²) in [6.45, 7) is 4.81. The van der Waals surface area contributed by atoms with E-state index < -0.39 is 29.1 Å². The fourth-order valence-electron chi connectivity index (χ4n) is 8.26. The average Bonchev–Trinajstić information content (AvgIpc) is 3.72. The van der Waals surface area contributed by atoms with E-state index >= 15 is 4.39 Å². The Hall–Kier alpha value is -4.65. The Labute approximate surface area is 269 Å². The van der Waals surface area contributed by atoms with E-state index in [0.717, 1.165) is 38.8 Å². The van der Waals surface area contributed by atoms with E-state index in [4.69, 9.17) is 9.72 Å². The van der Waals surface area contributed by atoms with Gasteiger partial charge in [0.2, 0.25) is 0 Å². The molecule has 0 aliphatic carbocycles. The van der Waals surface area contributed by atoms with Gasteiger partial charge in [0, 0.05) is 18.3 Å². The van der Waals surface area contributed by atoms with Gasteiger partial charge in [-0.15, -0.1) is 0 Å². The number of rotatable bonds is 6. The summed E-state index contributed by atoms with van der Waals surface area (Å²) in [5.41, 5.74) is -0.766. The topological polar surface area (TPSA) is 133 Å². The molecule has 4 saturated heterocycles. The van der Waals surface area contributed by atoms with Crippen molar-refractivity contribution < 1.29 is 28.2 Å². The number of nitrogens with zero attached hydrogens (tertiary/aromatic N) is 5. The maximum absolute atomic E-state index is 16.9. The van der Waals surface area contributed by atoms with Gasteiger partial charge in [0.05, 0.1) is 17.5 Å². The molecule has 6 heterocycles. The van der Waals surface area contributed by atoms with Crippen LogP contribution in [0.3, 0.4) is 0 Å². The van der Waals surface area contributed by atoms with Gasteiger partial charge in [0.1, 0.15) is 40.7 Å². The lowest BCUT2D eigenvalue weighted by Gasteiger charge is -2.39. The standard InChI is InChI=1S/C34H35F2N7O4/c1-2-21-24(35)7-6-19-14-20(44)15-22(25(19)21)27-26(36)28-23(16-37-27)29(42-11-5-10-34(17-42)30(45)40-31(46)41-34)39-32(38-28)47-18-33-8-3-12-43(33)13-4-9-33/h6-7,14-16,44H,2-5,8-13,17-18H2,1H3,(H2,40,41,45,46). The number of phenols is 1. The number of imide groups is 1. The lowest BCUT2D eigenvalue weighted by atomic mass is 9.89. The maximum Gasteiger partial charge on any atom is 0.322 e. The number of aryl methyl sites for hydroxylation is 1. The fraction of sp³-hybridized carbons (Fsp3) is 0.441. The predicted octanol–water partition coefficient (Wildman–Crippen LogP) is 4.58. The second-order valence-corrected chi connectivity index (χ2v) is 13.2. The van der Waals surface area contributed by atoms with E-state index in [9.17, 15) is 19.1 Å². The average molecular weight is 644 g/mol. The number of aromatic hydroxyl groups is 1. The van der Waals surface area contributed by atoms with Crippen LogP contribution in [0.15, 0.2) is 30.5 Å². The van der Waals surface area contributed by atoms with Gasteiger partial charge in [0.15, 0.2) is 5.82 Å². The maximum atomic E-state index is 16.9. The van der Waals surface area contributed by atoms with Gasteiger partial charge in [-0.1, -0.05) is 13.0 Å². The lowest BCUT2D eigenvalue weighted by Crippen LogP contribution is -2.58. The van der Waals surface area contributed by atoms with Crippen molar-refractivity contribution in [2.75, 3.05) is 37.7 Å². The highest BCUT2D eigenvalue weighted by atomic mass is 19.1. The smallest absolute Gasteiger partial charge is 0.322 e. The third-order valence-corrected chi connectivity index (χ3v) is 10.5. The van der Waals surface area contributed by atoms with Crippen molar-refractivity contribution in [1.82, 2.24) is 30.5 Å². The number of aromatic nitrogens is 3. The first-order chi connectivity index (χ1) is 22.7. The number of phenolic OH excluding ortho intramolecular Hbond substituents is 1. The van der Waals surface area contributed by atoms with Crippen LogP contribution >= 0.6 is 0 Å². The molecule has 3 amide bonds. The third-order valence-electron chi connectivity index (χ3n) is 10.5. The fourth-order valence-corrected chi connectivity index (χ4v) is 8.26. The molecule has 11 nitrogen and oxygen atoms in total. The first kappa shape index (κ1) is 29.7. The molecule has 4 aliphatic rings. The molecule has 4 aromatic rings. The van der Waals surface area contributed by atoms with Gasteiger partial charge in [-0.2, -0.15) is 9.97 Å². The van der Waals surface area contributed by atoms with Crippen molar-refractivity contribution in [3.05, 3.63) is 47.7 Å². The van der Waals surface area contributed by atoms with Crippen molar-refractivity contribution in [2.45, 2.75) is 62.9 Å². The molecule has 2 aromatic heterocycles. The number of carbonyl (C=O) groups excluding carboxylic acids is 2. The van der Waals surface area contributed by atoms with Crippen LogP contribution in [0.4, 0.5) is 19.4 Å². The zero-order valence-corrected chi connectivity index (χ0v) is 26.0. The lowest BCUT2D eigenvalue weighted by molar-refractivity contribution is -0.124. The summed E-state index contributed by atoms with van der Waals surface area (Å²) in [7, 11) is 0. The van der Waals surface area contributed by atoms with Crippen LogP contribution in [-0.4, -0.2) is 80.8 Å². The van der Waals surface area contributed by atoms with Crippen molar-refractivity contribution in [3.63, 3.8) is 0 Å². The van der Waals surface area contributed by atoms with Crippen LogP contribution in [0.2, 0.25) is 0 Å². The number of pyridine rings is 1. The number of fused-ring (bicyclic) bond motifs is 3. The first-order valence-corrected chi connectivity index (χ1v) is 16.3. The number of piperidine rings is 1. The molecule has 4 aliphatic heterocycles. The molecule has 3 N–H and O–H groups in total. The molecule has 0 bridgehead atoms. The Morgan fingerprint density at radius 3 is 2.57 bits per heavy atom. The number of carbonyl (C=O) groups is 2. The second kappa shape index (κ2) is 11.0. The van der Waals surface area contributed by atoms with E-state index in [1.165, 1.54) is 24.4 Å². The SMILES string of the molecule is CCc1c(F)ccc2cc(O)cc(-c3ncc4c(N5CCCC6(C5)NC(=O)NC6=O)nc(OCC56CCCN5CCC6)nc4c3F)c12. The summed E-state index contributed by atoms with van der Waals surface area (Å²) in [6.07, 6.45) is 7.00. The highest BCUT2D eigenvalue weighted by Crippen LogP contribution is 2.41. The zero-order valence-electron chi connectivity index (χ0n) is 26.0. The van der Waals surface area contributed by atoms with Crippen LogP contribution in [0.5, 0.6) is 11.8 Å². The summed E-state index contributed by atoms with van der Waals surface area (Å²) in [4.78, 5) is 43.2. The minimum atomic E-state index is -1.15. The Balaban J connectivity index is 1.28. The van der Waals surface area contributed by atoms with Gasteiger partial charge < -0.3 is 20.1 Å². The molecule has 244 valence electrons. The Kier molecular flexibility index (Phi) is 6.94. The molecule has 2 aromatic carbocycles. The van der Waals surface area contributed by atoms with E-state index in [1.54, 1.807) is 6.07 Å². The van der Waals surface area contributed by atoms with Crippen LogP contribution in [-0.2, 0) is 11.2 Å². The van der Waals surface area contributed by atoms with Crippen LogP contribution in [0.25, 0.3) is 32.9 Å². The molecule has 8 rings (SSSR count). The summed E-state index contributed by atoms with van der Waals surface area (Å²) in [6, 6.07) is 5.24. The normalized spacial score (nSPS) is 22.3. The Morgan fingerprint density at radius 2 is 1.83 bits per heavy atom. The predicted molar refractivity (Wildman–Crippen MR) is 170 cm³/mol. The Morgan fingerprint density at radius 1 is 1.04 bits per heavy atom. The third kappa shape index (κ3) is 4.73. The molecule has 0 saturated carbocycles. The summed E-state index contributed by atoms with van der Waals surface area (Å²) in [5, 5.41) is 17.0. The first-order valence-electron chi connectivity index (χ1n) is 16.3. The highest BCUT2D eigenvalue weighted by molar-refractivity contribution is 6.08. The molecule has 4 fully saturated rings. The van der Waals surface area contributed by atoms with Gasteiger partial charge in [0.25, 0.3) is 5.91 Å². The number of ether oxygens (including phenoxy) is 1. The molecular formula is C34H35F2N7O4. The van der Waals surface area contributed by atoms with Gasteiger partial charge >= 0.3 is 12.0 Å². The van der Waals surface area contributed by atoms with Gasteiger partial charge in [-0.3, -0.25) is 20.0 Å². The number of urea groups is 1. The van der Waals surface area contributed by atoms with E-state index in [-0.39, 0.29) is 40.6 Å². The number of anilines is 1. The summed E-state index contributed by atoms with van der Waals surface area (Å²) < 4.78 is 38.2. The van der Waals surface area contributed by atoms with Crippen LogP contribution in [0, 0.1) is 11.6 Å². The van der Waals surface area contributed by atoms with E-state index in [0.29, 0.717) is 60.0 Å². The minimum Gasteiger partial charge on any atom is -0.508 e. The summed E-state index contributed by atoms with van der Waals surface area (Å²) >= 11 is 0. The number of nitrogens with one attached hydrogen (secondary N) is 2. The van der Waals surface area contributed by atoms with E-state index in [2.05, 4.69) is 25.5 Å². The largest absolute Gasteiger partial charge is 0.508 e. The summed E-state index contributed by atoms with van der Waals surface area (Å²) in [5.74, 6) is -1.38. The number of hydrogen-bond acceptors (Lipinski definition) is 9. The van der Waals surface area contributed by atoms with Gasteiger partial charge in [-0.05, 0) is 92.6 Å². The van der Waals surface area contributed by atoms with Crippen LogP contribution < -0.4 is 20.3 Å². The minimum absolute atomic E-state index is 0.00253. The van der Waals surface area contributed by atoms with Gasteiger partial charge in [-0.25, -0.2) is 13.6 Å². The molecular weight excluding hydrogens is 608 g/mol. The van der Waals surface area contributed by atoms with E-state index in [1.807, 2.05) is 11.8 Å². The van der Waals surface area contributed by atoms with Crippen molar-refractivity contribution in [3.8, 4) is 23.0 Å². The second-order valence-electron chi connectivity index (χ2n) is 13.2. The molecule has 0 radical (unpaired) electrons. The van der Waals surface area contributed by atoms with Crippen LogP contribution in [0.1, 0.15) is 51.0 Å². The highest BCUT2D eigenvalue weighted by Gasteiger charge is 2.49.